The number of hydrogen-bond acceptors (Lipinski definition) is 2. The van der Waals surface area contributed by atoms with Crippen LogP contribution in [0.3, 0.4) is 0 Å². The number of fused-ring (bicyclic) bond motifs is 2. The Hall–Kier alpha value is -3.86. The largest absolute Gasteiger partial charge is 0.351 e. The van der Waals surface area contributed by atoms with E-state index in [4.69, 9.17) is 0 Å². The van der Waals surface area contributed by atoms with Crippen molar-refractivity contribution in [2.45, 2.75) is 6.42 Å². The SMILES string of the molecule is O=C(Nc1ccc(C(=O)N2CCc3ccccc32)cc1)c1cc2ccccc2[nH]1. The molecule has 3 aromatic carbocycles. The molecule has 0 unspecified atom stereocenters. The summed E-state index contributed by atoms with van der Waals surface area (Å²) >= 11 is 0. The minimum Gasteiger partial charge on any atom is -0.351 e. The Morgan fingerprint density at radius 2 is 1.66 bits per heavy atom. The molecule has 0 spiro atoms. The summed E-state index contributed by atoms with van der Waals surface area (Å²) in [6, 6.07) is 24.6. The molecular formula is C24H19N3O2. The Morgan fingerprint density at radius 1 is 0.897 bits per heavy atom. The third kappa shape index (κ3) is 3.17. The molecule has 5 rings (SSSR count). The van der Waals surface area contributed by atoms with Crippen LogP contribution in [-0.2, 0) is 6.42 Å². The highest BCUT2D eigenvalue weighted by atomic mass is 16.2. The molecule has 0 fully saturated rings. The first-order valence-corrected chi connectivity index (χ1v) is 9.58. The topological polar surface area (TPSA) is 65.2 Å². The van der Waals surface area contributed by atoms with Crippen LogP contribution < -0.4 is 10.2 Å². The van der Waals surface area contributed by atoms with E-state index in [9.17, 15) is 9.59 Å². The maximum Gasteiger partial charge on any atom is 0.272 e. The van der Waals surface area contributed by atoms with E-state index < -0.39 is 0 Å². The number of carbonyl (C=O) groups excluding carboxylic acids is 2. The third-order valence-corrected chi connectivity index (χ3v) is 5.30. The number of rotatable bonds is 3. The molecule has 0 saturated heterocycles. The number of para-hydroxylation sites is 2. The average molecular weight is 381 g/mol. The van der Waals surface area contributed by atoms with Crippen molar-refractivity contribution in [3.8, 4) is 0 Å². The molecule has 5 nitrogen and oxygen atoms in total. The lowest BCUT2D eigenvalue weighted by atomic mass is 10.1. The minimum absolute atomic E-state index is 0.0246. The fourth-order valence-corrected chi connectivity index (χ4v) is 3.80. The zero-order valence-corrected chi connectivity index (χ0v) is 15.7. The second-order valence-electron chi connectivity index (χ2n) is 7.14. The maximum absolute atomic E-state index is 12.9. The van der Waals surface area contributed by atoms with Gasteiger partial charge in [-0.3, -0.25) is 9.59 Å². The Labute approximate surface area is 168 Å². The normalized spacial score (nSPS) is 12.8. The fourth-order valence-electron chi connectivity index (χ4n) is 3.80. The zero-order valence-electron chi connectivity index (χ0n) is 15.7. The second kappa shape index (κ2) is 6.95. The lowest BCUT2D eigenvalue weighted by Crippen LogP contribution is -2.28. The molecule has 1 aliphatic heterocycles. The summed E-state index contributed by atoms with van der Waals surface area (Å²) in [5, 5.41) is 3.87. The fraction of sp³-hybridized carbons (Fsp3) is 0.0833. The van der Waals surface area contributed by atoms with Gasteiger partial charge in [0.25, 0.3) is 11.8 Å². The minimum atomic E-state index is -0.214. The highest BCUT2D eigenvalue weighted by Crippen LogP contribution is 2.29. The average Bonchev–Trinajstić information content (AvgIpc) is 3.38. The van der Waals surface area contributed by atoms with E-state index in [1.165, 1.54) is 5.56 Å². The van der Waals surface area contributed by atoms with Crippen molar-refractivity contribution >= 4 is 34.1 Å². The molecule has 4 aromatic rings. The summed E-state index contributed by atoms with van der Waals surface area (Å²) < 4.78 is 0. The van der Waals surface area contributed by atoms with E-state index >= 15 is 0 Å². The molecule has 1 aliphatic rings. The first kappa shape index (κ1) is 17.3. The molecule has 0 atom stereocenters. The molecule has 0 aliphatic carbocycles. The molecule has 29 heavy (non-hydrogen) atoms. The van der Waals surface area contributed by atoms with E-state index in [1.54, 1.807) is 24.3 Å². The van der Waals surface area contributed by atoms with Crippen LogP contribution in [0.15, 0.2) is 78.9 Å². The van der Waals surface area contributed by atoms with Crippen LogP contribution in [0.5, 0.6) is 0 Å². The van der Waals surface area contributed by atoms with E-state index in [-0.39, 0.29) is 11.8 Å². The Morgan fingerprint density at radius 3 is 2.48 bits per heavy atom. The van der Waals surface area contributed by atoms with Gasteiger partial charge < -0.3 is 15.2 Å². The Bertz CT molecular complexity index is 1190. The van der Waals surface area contributed by atoms with Crippen molar-refractivity contribution in [3.63, 3.8) is 0 Å². The number of aromatic amines is 1. The number of aromatic nitrogens is 1. The Kier molecular flexibility index (Phi) is 4.13. The van der Waals surface area contributed by atoms with Gasteiger partial charge in [-0.2, -0.15) is 0 Å². The van der Waals surface area contributed by atoms with Crippen molar-refractivity contribution in [1.82, 2.24) is 4.98 Å². The summed E-state index contributed by atoms with van der Waals surface area (Å²) in [5.41, 5.74) is 4.85. The van der Waals surface area contributed by atoms with Crippen LogP contribution in [-0.4, -0.2) is 23.3 Å². The quantitative estimate of drug-likeness (QED) is 0.544. The van der Waals surface area contributed by atoms with E-state index in [1.807, 2.05) is 53.4 Å². The monoisotopic (exact) mass is 381 g/mol. The van der Waals surface area contributed by atoms with Gasteiger partial charge in [0.05, 0.1) is 0 Å². The number of hydrogen-bond donors (Lipinski definition) is 2. The van der Waals surface area contributed by atoms with Crippen LogP contribution >= 0.6 is 0 Å². The van der Waals surface area contributed by atoms with Crippen LogP contribution in [0, 0.1) is 0 Å². The first-order chi connectivity index (χ1) is 14.2. The van der Waals surface area contributed by atoms with Gasteiger partial charge in [-0.1, -0.05) is 36.4 Å². The number of benzene rings is 3. The highest BCUT2D eigenvalue weighted by Gasteiger charge is 2.25. The number of nitrogens with zero attached hydrogens (tertiary/aromatic N) is 1. The van der Waals surface area contributed by atoms with Crippen LogP contribution in [0.1, 0.15) is 26.4 Å². The molecule has 0 saturated carbocycles. The molecule has 5 heteroatoms. The predicted molar refractivity (Wildman–Crippen MR) is 115 cm³/mol. The molecule has 2 N–H and O–H groups in total. The van der Waals surface area contributed by atoms with Gasteiger partial charge in [0.2, 0.25) is 0 Å². The number of anilines is 2. The number of H-pyrrole nitrogens is 1. The maximum atomic E-state index is 12.9. The molecule has 142 valence electrons. The van der Waals surface area contributed by atoms with Crippen LogP contribution in [0.4, 0.5) is 11.4 Å². The lowest BCUT2D eigenvalue weighted by Gasteiger charge is -2.17. The lowest BCUT2D eigenvalue weighted by molar-refractivity contribution is 0.0988. The van der Waals surface area contributed by atoms with Gasteiger partial charge in [0, 0.05) is 34.4 Å². The van der Waals surface area contributed by atoms with Gasteiger partial charge in [0.15, 0.2) is 0 Å². The second-order valence-corrected chi connectivity index (χ2v) is 7.14. The number of carbonyl (C=O) groups is 2. The van der Waals surface area contributed by atoms with Gasteiger partial charge in [-0.15, -0.1) is 0 Å². The van der Waals surface area contributed by atoms with E-state index in [2.05, 4.69) is 16.4 Å². The van der Waals surface area contributed by atoms with Crippen LogP contribution in [0.2, 0.25) is 0 Å². The summed E-state index contributed by atoms with van der Waals surface area (Å²) in [7, 11) is 0. The molecular weight excluding hydrogens is 362 g/mol. The van der Waals surface area contributed by atoms with Crippen molar-refractivity contribution in [1.29, 1.82) is 0 Å². The van der Waals surface area contributed by atoms with Crippen molar-refractivity contribution in [2.75, 3.05) is 16.8 Å². The molecule has 2 heterocycles. The molecule has 1 aromatic heterocycles. The van der Waals surface area contributed by atoms with E-state index in [0.29, 0.717) is 23.5 Å². The van der Waals surface area contributed by atoms with Crippen LogP contribution in [0.25, 0.3) is 10.9 Å². The predicted octanol–water partition coefficient (Wildman–Crippen LogP) is 4.62. The number of amides is 2. The Balaban J connectivity index is 1.31. The van der Waals surface area contributed by atoms with Gasteiger partial charge in [0.1, 0.15) is 5.69 Å². The standard InChI is InChI=1S/C24H19N3O2/c28-23(21-15-18-6-1-3-7-20(18)26-21)25-19-11-9-17(10-12-19)24(29)27-14-13-16-5-2-4-8-22(16)27/h1-12,15,26H,13-14H2,(H,25,28). The summed E-state index contributed by atoms with van der Waals surface area (Å²) in [6.07, 6.45) is 0.876. The van der Waals surface area contributed by atoms with E-state index in [0.717, 1.165) is 23.0 Å². The van der Waals surface area contributed by atoms with Crippen molar-refractivity contribution < 1.29 is 9.59 Å². The molecule has 0 bridgehead atoms. The third-order valence-electron chi connectivity index (χ3n) is 5.30. The molecule has 0 radical (unpaired) electrons. The van der Waals surface area contributed by atoms with Crippen molar-refractivity contribution in [2.24, 2.45) is 0 Å². The smallest absolute Gasteiger partial charge is 0.272 e. The van der Waals surface area contributed by atoms with Crippen molar-refractivity contribution in [3.05, 3.63) is 95.7 Å². The summed E-state index contributed by atoms with van der Waals surface area (Å²) in [6.45, 7) is 0.692. The number of nitrogens with one attached hydrogen (secondary N) is 2. The van der Waals surface area contributed by atoms with Gasteiger partial charge in [-0.25, -0.2) is 0 Å². The van der Waals surface area contributed by atoms with Gasteiger partial charge in [-0.05, 0) is 54.4 Å². The molecule has 2 amide bonds. The summed E-state index contributed by atoms with van der Waals surface area (Å²) in [4.78, 5) is 30.4. The first-order valence-electron chi connectivity index (χ1n) is 9.58. The highest BCUT2D eigenvalue weighted by molar-refractivity contribution is 6.08. The summed E-state index contributed by atoms with van der Waals surface area (Å²) in [5.74, 6) is -0.239. The zero-order chi connectivity index (χ0) is 19.8. The van der Waals surface area contributed by atoms with Gasteiger partial charge >= 0.3 is 0 Å².